The summed E-state index contributed by atoms with van der Waals surface area (Å²) in [5, 5.41) is 3.90. The number of carbonyl (C=O) groups is 1. The van der Waals surface area contributed by atoms with Gasteiger partial charge in [-0.25, -0.2) is 9.38 Å². The van der Waals surface area contributed by atoms with Crippen molar-refractivity contribution in [2.24, 2.45) is 4.99 Å². The Labute approximate surface area is 187 Å². The quantitative estimate of drug-likeness (QED) is 0.458. The fraction of sp³-hybridized carbons (Fsp3) is 0.0909. The second kappa shape index (κ2) is 8.30. The predicted molar refractivity (Wildman–Crippen MR) is 122 cm³/mol. The lowest BCUT2D eigenvalue weighted by Gasteiger charge is -2.09. The van der Waals surface area contributed by atoms with Crippen molar-refractivity contribution in [3.8, 4) is 5.69 Å². The van der Waals surface area contributed by atoms with Crippen LogP contribution in [-0.2, 0) is 4.79 Å². The summed E-state index contributed by atoms with van der Waals surface area (Å²) in [5.74, 6) is -0.543. The standard InChI is InChI=1S/C22H16Cl2FN3OS/c1-12-9-14(13(2)28(12)16-6-3-5-15(25)11-16)10-19-21(29)27-22(30-19)26-18-8-4-7-17(23)20(18)24/h3-11H,1-2H3,(H,26,27,29)/b19-10+. The van der Waals surface area contributed by atoms with Gasteiger partial charge in [-0.15, -0.1) is 0 Å². The van der Waals surface area contributed by atoms with Crippen molar-refractivity contribution in [3.05, 3.63) is 86.2 Å². The summed E-state index contributed by atoms with van der Waals surface area (Å²) >= 11 is 13.4. The first-order valence-corrected chi connectivity index (χ1v) is 10.6. The van der Waals surface area contributed by atoms with E-state index >= 15 is 0 Å². The normalized spacial score (nSPS) is 16.5. The fourth-order valence-electron chi connectivity index (χ4n) is 3.26. The van der Waals surface area contributed by atoms with Gasteiger partial charge in [0.1, 0.15) is 5.82 Å². The Kier molecular flexibility index (Phi) is 5.73. The second-order valence-corrected chi connectivity index (χ2v) is 8.51. The first-order chi connectivity index (χ1) is 14.3. The number of thioether (sulfide) groups is 1. The van der Waals surface area contributed by atoms with Crippen molar-refractivity contribution in [2.75, 3.05) is 0 Å². The maximum absolute atomic E-state index is 13.7. The highest BCUT2D eigenvalue weighted by atomic mass is 35.5. The van der Waals surface area contributed by atoms with E-state index < -0.39 is 0 Å². The summed E-state index contributed by atoms with van der Waals surface area (Å²) in [6, 6.07) is 13.5. The Morgan fingerprint density at radius 2 is 1.90 bits per heavy atom. The number of nitrogens with one attached hydrogen (secondary N) is 1. The van der Waals surface area contributed by atoms with Crippen molar-refractivity contribution in [1.29, 1.82) is 0 Å². The van der Waals surface area contributed by atoms with Crippen LogP contribution in [0.2, 0.25) is 10.0 Å². The largest absolute Gasteiger partial charge is 0.318 e. The summed E-state index contributed by atoms with van der Waals surface area (Å²) in [6.07, 6.45) is 1.81. The number of hydrogen-bond donors (Lipinski definition) is 1. The molecule has 152 valence electrons. The van der Waals surface area contributed by atoms with Gasteiger partial charge < -0.3 is 9.88 Å². The van der Waals surface area contributed by atoms with E-state index in [-0.39, 0.29) is 11.7 Å². The average Bonchev–Trinajstić information content (AvgIpc) is 3.17. The highest BCUT2D eigenvalue weighted by Gasteiger charge is 2.25. The highest BCUT2D eigenvalue weighted by molar-refractivity contribution is 8.18. The van der Waals surface area contributed by atoms with Gasteiger partial charge in [0.2, 0.25) is 0 Å². The number of hydrogen-bond acceptors (Lipinski definition) is 3. The molecule has 8 heteroatoms. The number of amidine groups is 1. The predicted octanol–water partition coefficient (Wildman–Crippen LogP) is 6.43. The van der Waals surface area contributed by atoms with Crippen molar-refractivity contribution in [3.63, 3.8) is 0 Å². The summed E-state index contributed by atoms with van der Waals surface area (Å²) in [4.78, 5) is 17.4. The lowest BCUT2D eigenvalue weighted by atomic mass is 10.2. The number of benzene rings is 2. The van der Waals surface area contributed by atoms with E-state index in [1.165, 1.54) is 23.9 Å². The van der Waals surface area contributed by atoms with Gasteiger partial charge in [0, 0.05) is 17.1 Å². The summed E-state index contributed by atoms with van der Waals surface area (Å²) in [7, 11) is 0. The number of rotatable bonds is 3. The molecule has 1 fully saturated rings. The Balaban J connectivity index is 1.66. The molecule has 2 aromatic carbocycles. The number of aliphatic imine (C=N–C) groups is 1. The monoisotopic (exact) mass is 459 g/mol. The van der Waals surface area contributed by atoms with Crippen molar-refractivity contribution >= 4 is 57.8 Å². The topological polar surface area (TPSA) is 46.4 Å². The molecule has 4 nitrogen and oxygen atoms in total. The molecule has 1 saturated heterocycles. The van der Waals surface area contributed by atoms with E-state index in [2.05, 4.69) is 10.3 Å². The van der Waals surface area contributed by atoms with Gasteiger partial charge in [-0.1, -0.05) is 35.3 Å². The van der Waals surface area contributed by atoms with Crippen LogP contribution in [0.3, 0.4) is 0 Å². The molecule has 30 heavy (non-hydrogen) atoms. The molecule has 0 spiro atoms. The number of nitrogens with zero attached hydrogens (tertiary/aromatic N) is 2. The van der Waals surface area contributed by atoms with Gasteiger partial charge in [-0.05, 0) is 73.6 Å². The van der Waals surface area contributed by atoms with Crippen LogP contribution in [0.4, 0.5) is 10.1 Å². The molecule has 0 saturated carbocycles. The molecule has 0 aliphatic carbocycles. The van der Waals surface area contributed by atoms with E-state index in [0.717, 1.165) is 22.6 Å². The van der Waals surface area contributed by atoms with Crippen LogP contribution in [0.25, 0.3) is 11.8 Å². The minimum atomic E-state index is -0.300. The molecule has 0 unspecified atom stereocenters. The van der Waals surface area contributed by atoms with Crippen LogP contribution in [0.15, 0.2) is 58.4 Å². The van der Waals surface area contributed by atoms with Gasteiger partial charge in [0.05, 0.1) is 20.6 Å². The zero-order valence-corrected chi connectivity index (χ0v) is 18.4. The van der Waals surface area contributed by atoms with Gasteiger partial charge in [0.25, 0.3) is 5.91 Å². The minimum absolute atomic E-state index is 0.243. The third kappa shape index (κ3) is 4.03. The molecule has 1 aliphatic heterocycles. The molecule has 0 radical (unpaired) electrons. The average molecular weight is 460 g/mol. The van der Waals surface area contributed by atoms with Gasteiger partial charge >= 0.3 is 0 Å². The van der Waals surface area contributed by atoms with Gasteiger partial charge in [-0.2, -0.15) is 0 Å². The molecular weight excluding hydrogens is 444 g/mol. The fourth-order valence-corrected chi connectivity index (χ4v) is 4.42. The van der Waals surface area contributed by atoms with Crippen LogP contribution >= 0.6 is 35.0 Å². The molecule has 1 N–H and O–H groups in total. The summed E-state index contributed by atoms with van der Waals surface area (Å²) < 4.78 is 15.6. The summed E-state index contributed by atoms with van der Waals surface area (Å²) in [6.45, 7) is 3.87. The third-order valence-electron chi connectivity index (χ3n) is 4.63. The lowest BCUT2D eigenvalue weighted by molar-refractivity contribution is -0.115. The van der Waals surface area contributed by atoms with Crippen LogP contribution in [0, 0.1) is 19.7 Å². The molecule has 4 rings (SSSR count). The van der Waals surface area contributed by atoms with Crippen molar-refractivity contribution < 1.29 is 9.18 Å². The van der Waals surface area contributed by atoms with E-state index in [4.69, 9.17) is 23.2 Å². The molecule has 0 atom stereocenters. The molecule has 1 amide bonds. The number of aromatic nitrogens is 1. The SMILES string of the molecule is Cc1cc(/C=C2/SC(=Nc3cccc(Cl)c3Cl)NC2=O)c(C)n1-c1cccc(F)c1. The Hall–Kier alpha value is -2.54. The Morgan fingerprint density at radius 1 is 1.13 bits per heavy atom. The number of carbonyl (C=O) groups excluding carboxylic acids is 1. The second-order valence-electron chi connectivity index (χ2n) is 6.70. The van der Waals surface area contributed by atoms with E-state index in [1.54, 1.807) is 30.3 Å². The molecule has 1 aliphatic rings. The van der Waals surface area contributed by atoms with Gasteiger partial charge in [-0.3, -0.25) is 4.79 Å². The minimum Gasteiger partial charge on any atom is -0.318 e. The zero-order valence-electron chi connectivity index (χ0n) is 16.0. The smallest absolute Gasteiger partial charge is 0.264 e. The Morgan fingerprint density at radius 3 is 2.67 bits per heavy atom. The van der Waals surface area contributed by atoms with Crippen LogP contribution in [-0.4, -0.2) is 15.6 Å². The van der Waals surface area contributed by atoms with Crippen LogP contribution in [0.5, 0.6) is 0 Å². The van der Waals surface area contributed by atoms with Crippen LogP contribution in [0.1, 0.15) is 17.0 Å². The van der Waals surface area contributed by atoms with E-state index in [1.807, 2.05) is 30.5 Å². The maximum Gasteiger partial charge on any atom is 0.264 e. The van der Waals surface area contributed by atoms with E-state index in [0.29, 0.717) is 25.8 Å². The van der Waals surface area contributed by atoms with Crippen molar-refractivity contribution in [2.45, 2.75) is 13.8 Å². The first-order valence-electron chi connectivity index (χ1n) is 9.02. The number of aryl methyl sites for hydroxylation is 1. The molecule has 3 aromatic rings. The first kappa shape index (κ1) is 20.7. The Bertz CT molecular complexity index is 1230. The van der Waals surface area contributed by atoms with Crippen LogP contribution < -0.4 is 5.32 Å². The maximum atomic E-state index is 13.7. The molecule has 0 bridgehead atoms. The molecule has 2 heterocycles. The number of halogens is 3. The number of amides is 1. The van der Waals surface area contributed by atoms with E-state index in [9.17, 15) is 9.18 Å². The highest BCUT2D eigenvalue weighted by Crippen LogP contribution is 2.35. The van der Waals surface area contributed by atoms with Gasteiger partial charge in [0.15, 0.2) is 5.17 Å². The zero-order chi connectivity index (χ0) is 21.4. The third-order valence-corrected chi connectivity index (χ3v) is 6.35. The lowest BCUT2D eigenvalue weighted by Crippen LogP contribution is -2.19. The summed E-state index contributed by atoms with van der Waals surface area (Å²) in [5.41, 5.74) is 3.93. The molecular formula is C22H16Cl2FN3OS. The molecule has 1 aromatic heterocycles. The van der Waals surface area contributed by atoms with Crippen molar-refractivity contribution in [1.82, 2.24) is 9.88 Å².